The van der Waals surface area contributed by atoms with E-state index in [2.05, 4.69) is 66.1 Å². The summed E-state index contributed by atoms with van der Waals surface area (Å²) in [5.74, 6) is 1.32. The quantitative estimate of drug-likeness (QED) is 0.327. The van der Waals surface area contributed by atoms with Crippen molar-refractivity contribution in [2.75, 3.05) is 6.54 Å². The van der Waals surface area contributed by atoms with Crippen molar-refractivity contribution in [1.82, 2.24) is 5.32 Å². The molecule has 144 valence electrons. The van der Waals surface area contributed by atoms with Crippen LogP contribution in [0.1, 0.15) is 67.6 Å². The maximum Gasteiger partial charge on any atom is 0.182 e. The van der Waals surface area contributed by atoms with E-state index in [1.807, 2.05) is 0 Å². The van der Waals surface area contributed by atoms with Gasteiger partial charge in [-0.3, -0.25) is 10.3 Å². The van der Waals surface area contributed by atoms with Gasteiger partial charge in [-0.15, -0.1) is 0 Å². The van der Waals surface area contributed by atoms with E-state index < -0.39 is 0 Å². The van der Waals surface area contributed by atoms with Gasteiger partial charge in [-0.05, 0) is 48.3 Å². The number of aryl methyl sites for hydroxylation is 1. The highest BCUT2D eigenvalue weighted by molar-refractivity contribution is 5.84. The second-order valence-corrected chi connectivity index (χ2v) is 8.35. The fourth-order valence-electron chi connectivity index (χ4n) is 5.12. The van der Waals surface area contributed by atoms with Crippen LogP contribution in [0.2, 0.25) is 0 Å². The second-order valence-electron chi connectivity index (χ2n) is 8.35. The van der Waals surface area contributed by atoms with Crippen molar-refractivity contribution in [2.45, 2.75) is 62.7 Å². The van der Waals surface area contributed by atoms with E-state index in [4.69, 9.17) is 4.99 Å². The monoisotopic (exact) mass is 371 g/mol. The molecule has 0 amide bonds. The molecule has 4 rings (SSSR count). The van der Waals surface area contributed by atoms with Gasteiger partial charge in [-0.2, -0.15) is 5.26 Å². The predicted octanol–water partition coefficient (Wildman–Crippen LogP) is 5.48. The molecule has 1 unspecified atom stereocenters. The molecule has 1 atom stereocenters. The van der Waals surface area contributed by atoms with Gasteiger partial charge in [-0.25, -0.2) is 0 Å². The average molecular weight is 372 g/mol. The number of fused-ring (bicyclic) bond motifs is 1. The summed E-state index contributed by atoms with van der Waals surface area (Å²) in [6.07, 6.45) is 11.5. The number of rotatable bonds is 5. The van der Waals surface area contributed by atoms with E-state index in [1.165, 1.54) is 48.8 Å². The number of hydrogen-bond donors (Lipinski definition) is 1. The van der Waals surface area contributed by atoms with Crippen LogP contribution < -0.4 is 5.32 Å². The van der Waals surface area contributed by atoms with Crippen molar-refractivity contribution < 1.29 is 0 Å². The highest BCUT2D eigenvalue weighted by Crippen LogP contribution is 2.40. The molecule has 2 aromatic carbocycles. The molecule has 0 heterocycles. The third-order valence-corrected chi connectivity index (χ3v) is 6.67. The molecule has 0 saturated heterocycles. The van der Waals surface area contributed by atoms with Gasteiger partial charge in [0.15, 0.2) is 6.19 Å². The van der Waals surface area contributed by atoms with Gasteiger partial charge < -0.3 is 0 Å². The highest BCUT2D eigenvalue weighted by Gasteiger charge is 2.34. The first-order valence-corrected chi connectivity index (χ1v) is 10.6. The minimum atomic E-state index is 0.121. The summed E-state index contributed by atoms with van der Waals surface area (Å²) in [4.78, 5) is 5.01. The standard InChI is InChI=1S/C25H29N3/c26-19-28-24(17-21-14-13-20-9-5-6-12-23(20)21)27-18-25(15-7-2-8-16-25)22-10-3-1-4-11-22/h1,3-6,9-12,21H,2,7-8,13-18H2,(H,27,28). The van der Waals surface area contributed by atoms with E-state index in [9.17, 15) is 5.26 Å². The molecule has 2 aliphatic carbocycles. The molecule has 1 fully saturated rings. The summed E-state index contributed by atoms with van der Waals surface area (Å²) in [5.41, 5.74) is 4.42. The van der Waals surface area contributed by atoms with Crippen LogP contribution >= 0.6 is 0 Å². The Morgan fingerprint density at radius 3 is 2.57 bits per heavy atom. The average Bonchev–Trinajstić information content (AvgIpc) is 3.16. The molecule has 0 aliphatic heterocycles. The Hall–Kier alpha value is -2.60. The van der Waals surface area contributed by atoms with Crippen LogP contribution in [0.15, 0.2) is 59.6 Å². The SMILES string of the molecule is N#CNC(CC1CCc2ccccc21)=NCC1(c2ccccc2)CCCCC1. The Labute approximate surface area is 168 Å². The van der Waals surface area contributed by atoms with Crippen molar-refractivity contribution in [3.63, 3.8) is 0 Å². The van der Waals surface area contributed by atoms with Gasteiger partial charge in [0, 0.05) is 11.8 Å². The molecule has 0 bridgehead atoms. The maximum atomic E-state index is 9.28. The smallest absolute Gasteiger partial charge is 0.182 e. The zero-order valence-electron chi connectivity index (χ0n) is 16.5. The third-order valence-electron chi connectivity index (χ3n) is 6.67. The molecule has 2 aliphatic rings. The normalized spacial score (nSPS) is 21.0. The topological polar surface area (TPSA) is 48.2 Å². The van der Waals surface area contributed by atoms with Crippen LogP contribution in [0.4, 0.5) is 0 Å². The Balaban J connectivity index is 1.55. The van der Waals surface area contributed by atoms with Crippen molar-refractivity contribution in [3.8, 4) is 6.19 Å². The summed E-state index contributed by atoms with van der Waals surface area (Å²) in [7, 11) is 0. The van der Waals surface area contributed by atoms with Crippen molar-refractivity contribution >= 4 is 5.84 Å². The summed E-state index contributed by atoms with van der Waals surface area (Å²) in [6.45, 7) is 0.773. The molecule has 0 spiro atoms. The van der Waals surface area contributed by atoms with Gasteiger partial charge in [0.05, 0.1) is 6.54 Å². The lowest BCUT2D eigenvalue weighted by atomic mass is 9.69. The first-order chi connectivity index (χ1) is 13.8. The fourth-order valence-corrected chi connectivity index (χ4v) is 5.12. The van der Waals surface area contributed by atoms with Gasteiger partial charge in [0.2, 0.25) is 0 Å². The van der Waals surface area contributed by atoms with E-state index in [0.29, 0.717) is 5.92 Å². The highest BCUT2D eigenvalue weighted by atomic mass is 15.0. The molecule has 1 saturated carbocycles. The lowest BCUT2D eigenvalue weighted by Crippen LogP contribution is -2.34. The lowest BCUT2D eigenvalue weighted by Gasteiger charge is -2.37. The van der Waals surface area contributed by atoms with E-state index in [-0.39, 0.29) is 5.41 Å². The Kier molecular flexibility index (Phi) is 5.76. The molecule has 1 N–H and O–H groups in total. The number of nitrogens with zero attached hydrogens (tertiary/aromatic N) is 2. The fraction of sp³-hybridized carbons (Fsp3) is 0.440. The second kappa shape index (κ2) is 8.61. The molecule has 2 aromatic rings. The predicted molar refractivity (Wildman–Crippen MR) is 114 cm³/mol. The van der Waals surface area contributed by atoms with E-state index in [1.54, 1.807) is 0 Å². The Morgan fingerprint density at radius 2 is 1.79 bits per heavy atom. The van der Waals surface area contributed by atoms with Crippen molar-refractivity contribution in [2.24, 2.45) is 4.99 Å². The van der Waals surface area contributed by atoms with Crippen LogP contribution in [-0.2, 0) is 11.8 Å². The van der Waals surface area contributed by atoms with E-state index >= 15 is 0 Å². The summed E-state index contributed by atoms with van der Waals surface area (Å²) < 4.78 is 0. The maximum absolute atomic E-state index is 9.28. The lowest BCUT2D eigenvalue weighted by molar-refractivity contribution is 0.301. The minimum Gasteiger partial charge on any atom is -0.281 e. The van der Waals surface area contributed by atoms with Crippen LogP contribution in [0.5, 0.6) is 0 Å². The number of nitriles is 1. The number of nitrogens with one attached hydrogen (secondary N) is 1. The summed E-state index contributed by atoms with van der Waals surface area (Å²) in [5, 5.41) is 12.2. The third kappa shape index (κ3) is 3.97. The van der Waals surface area contributed by atoms with Crippen molar-refractivity contribution in [3.05, 3.63) is 71.3 Å². The number of hydrogen-bond acceptors (Lipinski definition) is 2. The van der Waals surface area contributed by atoms with Gasteiger partial charge in [0.1, 0.15) is 5.84 Å². The van der Waals surface area contributed by atoms with Gasteiger partial charge >= 0.3 is 0 Å². The number of benzene rings is 2. The molecule has 28 heavy (non-hydrogen) atoms. The minimum absolute atomic E-state index is 0.121. The largest absolute Gasteiger partial charge is 0.281 e. The summed E-state index contributed by atoms with van der Waals surface area (Å²) in [6, 6.07) is 19.6. The van der Waals surface area contributed by atoms with Crippen LogP contribution in [0.25, 0.3) is 0 Å². The van der Waals surface area contributed by atoms with Gasteiger partial charge in [-0.1, -0.05) is 73.9 Å². The molecule has 3 nitrogen and oxygen atoms in total. The Bertz CT molecular complexity index is 857. The van der Waals surface area contributed by atoms with Crippen LogP contribution in [-0.4, -0.2) is 12.4 Å². The Morgan fingerprint density at radius 1 is 1.04 bits per heavy atom. The van der Waals surface area contributed by atoms with Crippen LogP contribution in [0, 0.1) is 11.5 Å². The van der Waals surface area contributed by atoms with Gasteiger partial charge in [0.25, 0.3) is 0 Å². The van der Waals surface area contributed by atoms with E-state index in [0.717, 1.165) is 31.6 Å². The number of aliphatic imine (C=N–C) groups is 1. The van der Waals surface area contributed by atoms with Crippen LogP contribution in [0.3, 0.4) is 0 Å². The first-order valence-electron chi connectivity index (χ1n) is 10.6. The molecular weight excluding hydrogens is 342 g/mol. The molecule has 0 radical (unpaired) electrons. The molecular formula is C25H29N3. The zero-order chi connectivity index (χ0) is 19.2. The number of amidine groups is 1. The molecule has 0 aromatic heterocycles. The molecule has 3 heteroatoms. The van der Waals surface area contributed by atoms with Crippen molar-refractivity contribution in [1.29, 1.82) is 5.26 Å². The summed E-state index contributed by atoms with van der Waals surface area (Å²) >= 11 is 0. The first kappa shape index (κ1) is 18.7. The zero-order valence-corrected chi connectivity index (χ0v) is 16.5.